The van der Waals surface area contributed by atoms with Crippen LogP contribution in [-0.2, 0) is 14.3 Å². The molecule has 6 nitrogen and oxygen atoms in total. The molecular weight excluding hydrogens is 414 g/mol. The van der Waals surface area contributed by atoms with Crippen molar-refractivity contribution < 1.29 is 14.3 Å². The highest BCUT2D eigenvalue weighted by Crippen LogP contribution is 2.24. The molecule has 0 amide bonds. The van der Waals surface area contributed by atoms with E-state index < -0.39 is 5.97 Å². The van der Waals surface area contributed by atoms with Crippen molar-refractivity contribution in [1.82, 2.24) is 0 Å². The number of rotatable bonds is 17. The van der Waals surface area contributed by atoms with Crippen LogP contribution in [-0.4, -0.2) is 38.9 Å². The molecule has 33 heavy (non-hydrogen) atoms. The number of allylic oxidation sites excluding steroid dienone is 1. The van der Waals surface area contributed by atoms with Gasteiger partial charge in [0, 0.05) is 25.4 Å². The topological polar surface area (TPSA) is 86.4 Å². The summed E-state index contributed by atoms with van der Waals surface area (Å²) in [4.78, 5) is 14.7. The van der Waals surface area contributed by atoms with Crippen LogP contribution in [0.3, 0.4) is 0 Å². The largest absolute Gasteiger partial charge is 0.459 e. The number of benzene rings is 1. The summed E-state index contributed by atoms with van der Waals surface area (Å²) < 4.78 is 10.2. The smallest absolute Gasteiger partial charge is 0.350 e. The van der Waals surface area contributed by atoms with E-state index in [4.69, 9.17) is 9.47 Å². The minimum absolute atomic E-state index is 0.0305. The quantitative estimate of drug-likeness (QED) is 0.124. The molecule has 0 spiro atoms. The molecular formula is C27H39N3O3. The van der Waals surface area contributed by atoms with Gasteiger partial charge in [0.2, 0.25) is 0 Å². The second-order valence-corrected chi connectivity index (χ2v) is 7.96. The van der Waals surface area contributed by atoms with E-state index in [1.807, 2.05) is 43.3 Å². The summed E-state index contributed by atoms with van der Waals surface area (Å²) in [5.74, 6) is -0.800. The zero-order valence-electron chi connectivity index (χ0n) is 20.6. The lowest BCUT2D eigenvalue weighted by Crippen LogP contribution is -2.25. The maximum Gasteiger partial charge on any atom is 0.350 e. The molecule has 0 radical (unpaired) electrons. The molecule has 0 aliphatic carbocycles. The molecule has 0 heterocycles. The lowest BCUT2D eigenvalue weighted by molar-refractivity contribution is -0.139. The Labute approximate surface area is 199 Å². The van der Waals surface area contributed by atoms with Crippen LogP contribution in [0.2, 0.25) is 0 Å². The van der Waals surface area contributed by atoms with Crippen molar-refractivity contribution in [3.05, 3.63) is 35.4 Å². The molecule has 0 atom stereocenters. The molecule has 0 fully saturated rings. The Hall–Kier alpha value is -2.83. The molecule has 0 aliphatic rings. The lowest BCUT2D eigenvalue weighted by Gasteiger charge is -2.25. The summed E-state index contributed by atoms with van der Waals surface area (Å²) in [6, 6.07) is 11.4. The highest BCUT2D eigenvalue weighted by atomic mass is 16.6. The molecule has 0 aromatic heterocycles. The standard InChI is InChI=1S/C27H39N3O3/c1-4-7-9-11-17-30(18-12-10-8-5-2)24-15-13-23(14-16-24)25(21-28)26(22-29)27(31)33-20-19-32-6-3/h13-16H,4-12,17-20H2,1-3H3. The molecule has 180 valence electrons. The average molecular weight is 454 g/mol. The van der Waals surface area contributed by atoms with Gasteiger partial charge >= 0.3 is 5.97 Å². The van der Waals surface area contributed by atoms with E-state index >= 15 is 0 Å². The molecule has 0 saturated carbocycles. The first-order valence-corrected chi connectivity index (χ1v) is 12.3. The molecule has 0 aliphatic heterocycles. The number of esters is 1. The summed E-state index contributed by atoms with van der Waals surface area (Å²) in [6.45, 7) is 9.09. The molecule has 6 heteroatoms. The van der Waals surface area contributed by atoms with Gasteiger partial charge in [-0.25, -0.2) is 4.79 Å². The number of hydrogen-bond donors (Lipinski definition) is 0. The lowest BCUT2D eigenvalue weighted by atomic mass is 10.0. The van der Waals surface area contributed by atoms with Crippen LogP contribution in [0.25, 0.3) is 5.57 Å². The van der Waals surface area contributed by atoms with Crippen molar-refractivity contribution in [2.24, 2.45) is 0 Å². The maximum atomic E-state index is 12.3. The number of carbonyl (C=O) groups excluding carboxylic acids is 1. The van der Waals surface area contributed by atoms with Crippen molar-refractivity contribution in [1.29, 1.82) is 10.5 Å². The van der Waals surface area contributed by atoms with Crippen LogP contribution in [0.1, 0.15) is 77.7 Å². The van der Waals surface area contributed by atoms with Gasteiger partial charge in [0.1, 0.15) is 18.7 Å². The summed E-state index contributed by atoms with van der Waals surface area (Å²) in [5.41, 5.74) is 1.39. The Morgan fingerprint density at radius 3 is 1.94 bits per heavy atom. The van der Waals surface area contributed by atoms with Gasteiger partial charge in [-0.2, -0.15) is 10.5 Å². The number of ether oxygens (including phenoxy) is 2. The summed E-state index contributed by atoms with van der Waals surface area (Å²) in [5, 5.41) is 19.1. The summed E-state index contributed by atoms with van der Waals surface area (Å²) in [6.07, 6.45) is 9.66. The molecule has 0 bridgehead atoms. The zero-order valence-corrected chi connectivity index (χ0v) is 20.6. The van der Waals surface area contributed by atoms with Crippen LogP contribution in [0.15, 0.2) is 29.8 Å². The van der Waals surface area contributed by atoms with E-state index in [0.29, 0.717) is 12.2 Å². The normalized spacial score (nSPS) is 11.3. The first-order valence-electron chi connectivity index (χ1n) is 12.3. The minimum atomic E-state index is -0.800. The number of unbranched alkanes of at least 4 members (excludes halogenated alkanes) is 6. The van der Waals surface area contributed by atoms with Gasteiger partial charge in [0.25, 0.3) is 0 Å². The van der Waals surface area contributed by atoms with E-state index in [2.05, 4.69) is 18.7 Å². The molecule has 0 N–H and O–H groups in total. The van der Waals surface area contributed by atoms with Gasteiger partial charge in [-0.05, 0) is 37.5 Å². The Morgan fingerprint density at radius 1 is 0.848 bits per heavy atom. The average Bonchev–Trinajstić information content (AvgIpc) is 2.84. The van der Waals surface area contributed by atoms with Crippen LogP contribution < -0.4 is 4.90 Å². The van der Waals surface area contributed by atoms with Gasteiger partial charge < -0.3 is 14.4 Å². The molecule has 0 unspecified atom stereocenters. The van der Waals surface area contributed by atoms with Crippen molar-refractivity contribution in [2.45, 2.75) is 72.1 Å². The fourth-order valence-electron chi connectivity index (χ4n) is 3.55. The minimum Gasteiger partial charge on any atom is -0.459 e. The monoisotopic (exact) mass is 453 g/mol. The van der Waals surface area contributed by atoms with Gasteiger partial charge in [0.15, 0.2) is 5.57 Å². The second-order valence-electron chi connectivity index (χ2n) is 7.96. The highest BCUT2D eigenvalue weighted by Gasteiger charge is 2.19. The maximum absolute atomic E-state index is 12.3. The van der Waals surface area contributed by atoms with E-state index in [-0.39, 0.29) is 24.4 Å². The van der Waals surface area contributed by atoms with E-state index in [1.54, 1.807) is 0 Å². The predicted octanol–water partition coefficient (Wildman–Crippen LogP) is 6.03. The molecule has 1 rings (SSSR count). The third-order valence-electron chi connectivity index (χ3n) is 5.43. The van der Waals surface area contributed by atoms with Crippen LogP contribution in [0.5, 0.6) is 0 Å². The summed E-state index contributed by atoms with van der Waals surface area (Å²) in [7, 11) is 0. The van der Waals surface area contributed by atoms with Gasteiger partial charge in [-0.15, -0.1) is 0 Å². The number of carbonyl (C=O) groups is 1. The van der Waals surface area contributed by atoms with Crippen LogP contribution >= 0.6 is 0 Å². The van der Waals surface area contributed by atoms with E-state index in [1.165, 1.54) is 38.5 Å². The van der Waals surface area contributed by atoms with E-state index in [0.717, 1.165) is 31.6 Å². The van der Waals surface area contributed by atoms with Crippen molar-refractivity contribution in [3.8, 4) is 12.1 Å². The van der Waals surface area contributed by atoms with Gasteiger partial charge in [-0.3, -0.25) is 0 Å². The first-order chi connectivity index (χ1) is 16.1. The first kappa shape index (κ1) is 28.2. The number of nitriles is 2. The third kappa shape index (κ3) is 10.6. The van der Waals surface area contributed by atoms with Crippen LogP contribution in [0.4, 0.5) is 5.69 Å². The van der Waals surface area contributed by atoms with E-state index in [9.17, 15) is 15.3 Å². The Kier molecular flexibility index (Phi) is 15.1. The van der Waals surface area contributed by atoms with Crippen molar-refractivity contribution in [3.63, 3.8) is 0 Å². The Bertz CT molecular complexity index is 791. The third-order valence-corrected chi connectivity index (χ3v) is 5.43. The summed E-state index contributed by atoms with van der Waals surface area (Å²) >= 11 is 0. The molecule has 0 saturated heterocycles. The number of nitrogens with zero attached hydrogens (tertiary/aromatic N) is 3. The fourth-order valence-corrected chi connectivity index (χ4v) is 3.55. The Morgan fingerprint density at radius 2 is 1.45 bits per heavy atom. The number of anilines is 1. The van der Waals surface area contributed by atoms with Crippen LogP contribution in [0, 0.1) is 22.7 Å². The predicted molar refractivity (Wildman–Crippen MR) is 133 cm³/mol. The second kappa shape index (κ2) is 17.7. The van der Waals surface area contributed by atoms with Crippen molar-refractivity contribution >= 4 is 17.2 Å². The SMILES string of the molecule is CCCCCCN(CCCCCC)c1ccc(C(C#N)=C(C#N)C(=O)OCCOCC)cc1. The van der Waals surface area contributed by atoms with Gasteiger partial charge in [-0.1, -0.05) is 64.5 Å². The van der Waals surface area contributed by atoms with Crippen molar-refractivity contribution in [2.75, 3.05) is 37.8 Å². The molecule has 1 aromatic carbocycles. The zero-order chi connectivity index (χ0) is 24.3. The number of hydrogen-bond acceptors (Lipinski definition) is 6. The fraction of sp³-hybridized carbons (Fsp3) is 0.593. The van der Waals surface area contributed by atoms with Gasteiger partial charge in [0.05, 0.1) is 12.2 Å². The molecule has 1 aromatic rings. The Balaban J connectivity index is 2.98. The highest BCUT2D eigenvalue weighted by molar-refractivity contribution is 6.04.